The second kappa shape index (κ2) is 8.48. The summed E-state index contributed by atoms with van der Waals surface area (Å²) < 4.78 is 5.52. The lowest BCUT2D eigenvalue weighted by Crippen LogP contribution is -2.33. The third-order valence-corrected chi connectivity index (χ3v) is 5.30. The minimum atomic E-state index is -0.369. The van der Waals surface area contributed by atoms with Crippen LogP contribution in [0.4, 0.5) is 11.4 Å². The summed E-state index contributed by atoms with van der Waals surface area (Å²) in [6.45, 7) is 6.32. The van der Waals surface area contributed by atoms with E-state index in [2.05, 4.69) is 5.32 Å². The van der Waals surface area contributed by atoms with Crippen LogP contribution in [-0.4, -0.2) is 18.4 Å². The molecule has 1 heterocycles. The van der Waals surface area contributed by atoms with E-state index in [0.717, 1.165) is 16.8 Å². The molecule has 3 aromatic carbocycles. The number of amides is 2. The monoisotopic (exact) mass is 412 g/mol. The van der Waals surface area contributed by atoms with E-state index >= 15 is 0 Å². The highest BCUT2D eigenvalue weighted by molar-refractivity contribution is 6.46. The molecule has 5 heteroatoms. The maximum absolute atomic E-state index is 13.5. The molecule has 0 saturated heterocycles. The van der Waals surface area contributed by atoms with Crippen molar-refractivity contribution >= 4 is 28.8 Å². The third-order valence-electron chi connectivity index (χ3n) is 5.30. The fourth-order valence-electron chi connectivity index (χ4n) is 3.68. The highest BCUT2D eigenvalue weighted by Gasteiger charge is 2.40. The predicted molar refractivity (Wildman–Crippen MR) is 123 cm³/mol. The molecule has 5 nitrogen and oxygen atoms in total. The van der Waals surface area contributed by atoms with Crippen molar-refractivity contribution in [1.82, 2.24) is 0 Å². The average molecular weight is 412 g/mol. The molecule has 0 aliphatic carbocycles. The van der Waals surface area contributed by atoms with E-state index in [1.807, 2.05) is 87.5 Å². The SMILES string of the molecule is CCOc1ccc(C2=C(Nc3ccccc3C)C(=O)N(c3ccccc3C)C2=O)cc1. The van der Waals surface area contributed by atoms with Crippen molar-refractivity contribution in [1.29, 1.82) is 0 Å². The fourth-order valence-corrected chi connectivity index (χ4v) is 3.68. The molecule has 0 fully saturated rings. The highest BCUT2D eigenvalue weighted by atomic mass is 16.5. The summed E-state index contributed by atoms with van der Waals surface area (Å²) in [6.07, 6.45) is 0. The van der Waals surface area contributed by atoms with E-state index in [-0.39, 0.29) is 17.5 Å². The van der Waals surface area contributed by atoms with Gasteiger partial charge >= 0.3 is 0 Å². The average Bonchev–Trinajstić information content (AvgIpc) is 3.01. The molecule has 0 aromatic heterocycles. The van der Waals surface area contributed by atoms with Gasteiger partial charge in [0.1, 0.15) is 11.4 Å². The Kier molecular flexibility index (Phi) is 5.58. The van der Waals surface area contributed by atoms with Crippen LogP contribution in [0, 0.1) is 13.8 Å². The number of rotatable bonds is 6. The van der Waals surface area contributed by atoms with Crippen molar-refractivity contribution in [2.75, 3.05) is 16.8 Å². The maximum Gasteiger partial charge on any atom is 0.282 e. The summed E-state index contributed by atoms with van der Waals surface area (Å²) in [5.74, 6) is -0.00113. The van der Waals surface area contributed by atoms with Gasteiger partial charge in [-0.1, -0.05) is 48.5 Å². The molecular formula is C26H24N2O3. The van der Waals surface area contributed by atoms with Crippen LogP contribution < -0.4 is 15.0 Å². The Balaban J connectivity index is 1.82. The summed E-state index contributed by atoms with van der Waals surface area (Å²) in [5.41, 5.74) is 4.49. The van der Waals surface area contributed by atoms with E-state index in [9.17, 15) is 9.59 Å². The number of imide groups is 1. The number of anilines is 2. The highest BCUT2D eigenvalue weighted by Crippen LogP contribution is 2.35. The van der Waals surface area contributed by atoms with E-state index in [4.69, 9.17) is 4.74 Å². The summed E-state index contributed by atoms with van der Waals surface area (Å²) in [4.78, 5) is 28.3. The van der Waals surface area contributed by atoms with E-state index in [0.29, 0.717) is 29.2 Å². The molecule has 0 unspecified atom stereocenters. The normalized spacial score (nSPS) is 13.7. The minimum absolute atomic E-state index is 0.270. The second-order valence-corrected chi connectivity index (χ2v) is 7.38. The lowest BCUT2D eigenvalue weighted by Gasteiger charge is -2.18. The van der Waals surface area contributed by atoms with Crippen LogP contribution in [0.5, 0.6) is 5.75 Å². The Morgan fingerprint density at radius 1 is 0.806 bits per heavy atom. The molecule has 156 valence electrons. The Bertz CT molecular complexity index is 1180. The van der Waals surface area contributed by atoms with Gasteiger partial charge < -0.3 is 10.1 Å². The molecule has 0 saturated carbocycles. The summed E-state index contributed by atoms with van der Waals surface area (Å²) in [7, 11) is 0. The number of hydrogen-bond donors (Lipinski definition) is 1. The van der Waals surface area contributed by atoms with Gasteiger partial charge in [-0.15, -0.1) is 0 Å². The van der Waals surface area contributed by atoms with Crippen LogP contribution in [-0.2, 0) is 9.59 Å². The number of aryl methyl sites for hydroxylation is 2. The van der Waals surface area contributed by atoms with Crippen molar-refractivity contribution in [2.24, 2.45) is 0 Å². The van der Waals surface area contributed by atoms with Crippen LogP contribution >= 0.6 is 0 Å². The Hall–Kier alpha value is -3.86. The third kappa shape index (κ3) is 3.82. The number of ether oxygens (including phenoxy) is 1. The number of nitrogens with zero attached hydrogens (tertiary/aromatic N) is 1. The van der Waals surface area contributed by atoms with Crippen LogP contribution in [0.3, 0.4) is 0 Å². The zero-order valence-electron chi connectivity index (χ0n) is 17.8. The maximum atomic E-state index is 13.5. The zero-order valence-corrected chi connectivity index (χ0v) is 17.8. The van der Waals surface area contributed by atoms with Gasteiger partial charge in [0.2, 0.25) is 0 Å². The molecule has 31 heavy (non-hydrogen) atoms. The number of hydrogen-bond acceptors (Lipinski definition) is 4. The molecular weight excluding hydrogens is 388 g/mol. The van der Waals surface area contributed by atoms with Gasteiger partial charge in [-0.25, -0.2) is 4.90 Å². The van der Waals surface area contributed by atoms with Crippen molar-refractivity contribution in [2.45, 2.75) is 20.8 Å². The molecule has 0 atom stereocenters. The summed E-state index contributed by atoms with van der Waals surface area (Å²) in [5, 5.41) is 3.23. The van der Waals surface area contributed by atoms with E-state index < -0.39 is 0 Å². The molecule has 0 bridgehead atoms. The lowest BCUT2D eigenvalue weighted by atomic mass is 10.0. The number of para-hydroxylation sites is 2. The second-order valence-electron chi connectivity index (χ2n) is 7.38. The molecule has 3 aromatic rings. The first-order valence-electron chi connectivity index (χ1n) is 10.3. The van der Waals surface area contributed by atoms with Crippen molar-refractivity contribution in [3.63, 3.8) is 0 Å². The van der Waals surface area contributed by atoms with Gasteiger partial charge in [0.15, 0.2) is 0 Å². The van der Waals surface area contributed by atoms with Crippen LogP contribution in [0.25, 0.3) is 5.57 Å². The van der Waals surface area contributed by atoms with Gasteiger partial charge in [-0.05, 0) is 61.7 Å². The Labute approximate surface area is 182 Å². The number of nitrogens with one attached hydrogen (secondary N) is 1. The number of carbonyl (C=O) groups excluding carboxylic acids is 2. The molecule has 1 aliphatic rings. The smallest absolute Gasteiger partial charge is 0.282 e. The molecule has 0 spiro atoms. The van der Waals surface area contributed by atoms with Gasteiger partial charge in [0.25, 0.3) is 11.8 Å². The van der Waals surface area contributed by atoms with Gasteiger partial charge in [0.05, 0.1) is 17.9 Å². The van der Waals surface area contributed by atoms with Crippen LogP contribution in [0.1, 0.15) is 23.6 Å². The summed E-state index contributed by atoms with van der Waals surface area (Å²) >= 11 is 0. The molecule has 0 radical (unpaired) electrons. The van der Waals surface area contributed by atoms with E-state index in [1.54, 1.807) is 6.07 Å². The zero-order chi connectivity index (χ0) is 22.0. The molecule has 1 aliphatic heterocycles. The van der Waals surface area contributed by atoms with Gasteiger partial charge in [-0.3, -0.25) is 9.59 Å². The lowest BCUT2D eigenvalue weighted by molar-refractivity contribution is -0.120. The van der Waals surface area contributed by atoms with Crippen LogP contribution in [0.2, 0.25) is 0 Å². The first-order chi connectivity index (χ1) is 15.0. The molecule has 1 N–H and O–H groups in total. The Morgan fingerprint density at radius 2 is 1.45 bits per heavy atom. The quantitative estimate of drug-likeness (QED) is 0.573. The number of benzene rings is 3. The van der Waals surface area contributed by atoms with E-state index in [1.165, 1.54) is 4.90 Å². The minimum Gasteiger partial charge on any atom is -0.494 e. The first-order valence-corrected chi connectivity index (χ1v) is 10.3. The topological polar surface area (TPSA) is 58.6 Å². The largest absolute Gasteiger partial charge is 0.494 e. The number of carbonyl (C=O) groups is 2. The summed E-state index contributed by atoms with van der Waals surface area (Å²) in [6, 6.07) is 22.3. The van der Waals surface area contributed by atoms with Crippen molar-refractivity contribution < 1.29 is 14.3 Å². The first kappa shape index (κ1) is 20.4. The predicted octanol–water partition coefficient (Wildman–Crippen LogP) is 5.10. The van der Waals surface area contributed by atoms with Gasteiger partial charge in [-0.2, -0.15) is 0 Å². The van der Waals surface area contributed by atoms with Gasteiger partial charge in [0, 0.05) is 5.69 Å². The molecule has 4 rings (SSSR count). The van der Waals surface area contributed by atoms with Crippen LogP contribution in [0.15, 0.2) is 78.5 Å². The fraction of sp³-hybridized carbons (Fsp3) is 0.154. The molecule has 2 amide bonds. The van der Waals surface area contributed by atoms with Crippen molar-refractivity contribution in [3.05, 3.63) is 95.2 Å². The Morgan fingerprint density at radius 3 is 2.10 bits per heavy atom. The van der Waals surface area contributed by atoms with Crippen molar-refractivity contribution in [3.8, 4) is 5.75 Å². The standard InChI is InChI=1S/C26H24N2O3/c1-4-31-20-15-13-19(14-16-20)23-24(27-21-11-7-5-9-17(21)2)26(30)28(25(23)29)22-12-8-6-10-18(22)3/h5-16,27H,4H2,1-3H3.